The molecule has 0 fully saturated rings. The van der Waals surface area contributed by atoms with Gasteiger partial charge < -0.3 is 5.32 Å². The third kappa shape index (κ3) is 4.23. The molecular formula is C25H21ClN6O2S2. The van der Waals surface area contributed by atoms with Gasteiger partial charge in [-0.2, -0.15) is 10.2 Å². The van der Waals surface area contributed by atoms with E-state index < -0.39 is 10.0 Å². The number of fused-ring (bicyclic) bond motifs is 3. The van der Waals surface area contributed by atoms with E-state index in [1.54, 1.807) is 42.2 Å². The Kier molecular flexibility index (Phi) is 6.25. The van der Waals surface area contributed by atoms with E-state index in [4.69, 9.17) is 28.9 Å². The number of nitrogens with one attached hydrogen (secondary N) is 2. The summed E-state index contributed by atoms with van der Waals surface area (Å²) in [5.41, 5.74) is 7.63. The zero-order valence-electron chi connectivity index (χ0n) is 19.3. The number of anilines is 2. The van der Waals surface area contributed by atoms with Gasteiger partial charge in [-0.05, 0) is 55.0 Å². The highest BCUT2D eigenvalue weighted by Gasteiger charge is 2.36. The van der Waals surface area contributed by atoms with Crippen LogP contribution in [0.25, 0.3) is 16.9 Å². The number of sulfonamides is 1. The van der Waals surface area contributed by atoms with E-state index in [2.05, 4.69) is 15.8 Å². The fourth-order valence-corrected chi connectivity index (χ4v) is 5.83. The van der Waals surface area contributed by atoms with Crippen molar-refractivity contribution < 1.29 is 8.42 Å². The molecule has 0 saturated carbocycles. The molecule has 0 atom stereocenters. The first kappa shape index (κ1) is 24.0. The minimum Gasteiger partial charge on any atom is -0.330 e. The van der Waals surface area contributed by atoms with Crippen LogP contribution in [-0.4, -0.2) is 36.6 Å². The van der Waals surface area contributed by atoms with Gasteiger partial charge in [0.2, 0.25) is 0 Å². The Labute approximate surface area is 219 Å². The van der Waals surface area contributed by atoms with Gasteiger partial charge in [-0.15, -0.1) is 0 Å². The quantitative estimate of drug-likeness (QED) is 0.218. The molecule has 182 valence electrons. The maximum atomic E-state index is 13.0. The van der Waals surface area contributed by atoms with E-state index in [9.17, 15) is 8.42 Å². The lowest BCUT2D eigenvalue weighted by Gasteiger charge is -2.26. The van der Waals surface area contributed by atoms with Crippen LogP contribution in [0.4, 0.5) is 11.4 Å². The smallest absolute Gasteiger partial charge is 0.264 e. The first-order valence-electron chi connectivity index (χ1n) is 10.9. The number of halogens is 1. The molecule has 0 amide bonds. The molecule has 3 aromatic carbocycles. The lowest BCUT2D eigenvalue weighted by Crippen LogP contribution is -2.30. The zero-order chi connectivity index (χ0) is 25.4. The molecule has 1 aromatic heterocycles. The summed E-state index contributed by atoms with van der Waals surface area (Å²) in [6.45, 7) is 1.86. The average Bonchev–Trinajstić information content (AvgIpc) is 3.22. The third-order valence-corrected chi connectivity index (χ3v) is 8.16. The van der Waals surface area contributed by atoms with Crippen LogP contribution in [0.3, 0.4) is 0 Å². The Morgan fingerprint density at radius 1 is 1.06 bits per heavy atom. The van der Waals surface area contributed by atoms with Gasteiger partial charge >= 0.3 is 0 Å². The number of benzene rings is 3. The lowest BCUT2D eigenvalue weighted by atomic mass is 10.1. The number of para-hydroxylation sites is 1. The van der Waals surface area contributed by atoms with Crippen LogP contribution in [0.2, 0.25) is 5.02 Å². The molecule has 2 heterocycles. The molecule has 0 aliphatic carbocycles. The van der Waals surface area contributed by atoms with Gasteiger partial charge in [-0.3, -0.25) is 9.73 Å². The molecule has 0 unspecified atom stereocenters. The van der Waals surface area contributed by atoms with Gasteiger partial charge in [-0.25, -0.2) is 13.1 Å². The Balaban J connectivity index is 1.35. The molecule has 36 heavy (non-hydrogen) atoms. The number of thiocarbonyl (C=S) groups is 1. The van der Waals surface area contributed by atoms with Crippen LogP contribution < -0.4 is 15.0 Å². The fraction of sp³-hybridized carbons (Fsp3) is 0.0800. The number of rotatable bonds is 4. The van der Waals surface area contributed by atoms with Crippen molar-refractivity contribution in [2.45, 2.75) is 11.8 Å². The van der Waals surface area contributed by atoms with Gasteiger partial charge in [0, 0.05) is 12.6 Å². The van der Waals surface area contributed by atoms with Crippen LogP contribution in [0.15, 0.2) is 82.8 Å². The second-order valence-electron chi connectivity index (χ2n) is 8.06. The van der Waals surface area contributed by atoms with Crippen LogP contribution in [-0.2, 0) is 10.0 Å². The summed E-state index contributed by atoms with van der Waals surface area (Å²) in [5, 5.41) is 12.8. The Morgan fingerprint density at radius 2 is 1.75 bits per heavy atom. The van der Waals surface area contributed by atoms with Crippen molar-refractivity contribution in [2.24, 2.45) is 5.10 Å². The van der Waals surface area contributed by atoms with Crippen LogP contribution in [0, 0.1) is 6.92 Å². The summed E-state index contributed by atoms with van der Waals surface area (Å²) in [4.78, 5) is 0.255. The van der Waals surface area contributed by atoms with Gasteiger partial charge in [0.15, 0.2) is 5.11 Å². The van der Waals surface area contributed by atoms with E-state index in [-0.39, 0.29) is 4.90 Å². The molecule has 0 radical (unpaired) electrons. The van der Waals surface area contributed by atoms with Crippen molar-refractivity contribution in [3.8, 4) is 16.9 Å². The van der Waals surface area contributed by atoms with Gasteiger partial charge in [0.05, 0.1) is 33.2 Å². The van der Waals surface area contributed by atoms with Gasteiger partial charge in [0.1, 0.15) is 11.4 Å². The maximum absolute atomic E-state index is 13.0. The summed E-state index contributed by atoms with van der Waals surface area (Å²) >= 11 is 11.4. The maximum Gasteiger partial charge on any atom is 0.264 e. The highest BCUT2D eigenvalue weighted by atomic mass is 35.5. The number of aromatic nitrogens is 2. The number of hydrogen-bond acceptors (Lipinski definition) is 5. The van der Waals surface area contributed by atoms with Crippen molar-refractivity contribution in [1.29, 1.82) is 0 Å². The molecule has 0 spiro atoms. The molecule has 5 rings (SSSR count). The van der Waals surface area contributed by atoms with E-state index >= 15 is 0 Å². The Morgan fingerprint density at radius 3 is 2.50 bits per heavy atom. The molecular weight excluding hydrogens is 516 g/mol. The second kappa shape index (κ2) is 9.38. The number of hydrogen-bond donors (Lipinski definition) is 2. The van der Waals surface area contributed by atoms with Crippen LogP contribution in [0.5, 0.6) is 0 Å². The first-order chi connectivity index (χ1) is 17.3. The van der Waals surface area contributed by atoms with Crippen LogP contribution >= 0.6 is 23.8 Å². The standard InChI is InChI=1S/C25H21ClN6O2S2/c1-16-24-23(19-7-3-6-10-22(19)36(33,34)31(24)2)30-32(16)18-13-11-17(12-14-18)15-27-29-25(35)28-21-9-5-4-8-20(21)26/h3-15H,1-2H3,(H2,28,29,35)/b27-15+. The highest BCUT2D eigenvalue weighted by molar-refractivity contribution is 7.93. The van der Waals surface area contributed by atoms with Crippen molar-refractivity contribution in [3.05, 3.63) is 89.1 Å². The van der Waals surface area contributed by atoms with Crippen molar-refractivity contribution >= 4 is 56.5 Å². The second-order valence-corrected chi connectivity index (χ2v) is 10.8. The molecule has 4 aromatic rings. The summed E-state index contributed by atoms with van der Waals surface area (Å²) < 4.78 is 29.1. The zero-order valence-corrected chi connectivity index (χ0v) is 21.7. The first-order valence-corrected chi connectivity index (χ1v) is 13.1. The van der Waals surface area contributed by atoms with Crippen molar-refractivity contribution in [1.82, 2.24) is 15.2 Å². The predicted molar refractivity (Wildman–Crippen MR) is 148 cm³/mol. The normalized spacial score (nSPS) is 13.8. The monoisotopic (exact) mass is 536 g/mol. The minimum absolute atomic E-state index is 0.255. The molecule has 1 aliphatic heterocycles. The molecule has 11 heteroatoms. The van der Waals surface area contributed by atoms with E-state index in [1.165, 1.54) is 4.31 Å². The van der Waals surface area contributed by atoms with Crippen molar-refractivity contribution in [3.63, 3.8) is 0 Å². The van der Waals surface area contributed by atoms with Crippen molar-refractivity contribution in [2.75, 3.05) is 16.7 Å². The molecule has 0 saturated heterocycles. The van der Waals surface area contributed by atoms with E-state index in [0.717, 1.165) is 16.9 Å². The SMILES string of the molecule is Cc1c2c(nn1-c1ccc(/C=N/NC(=S)Nc3ccccc3Cl)cc1)-c1ccccc1S(=O)(=O)N2C. The lowest BCUT2D eigenvalue weighted by molar-refractivity contribution is 0.594. The number of nitrogens with zero attached hydrogens (tertiary/aromatic N) is 4. The largest absolute Gasteiger partial charge is 0.330 e. The Bertz CT molecular complexity index is 1610. The average molecular weight is 537 g/mol. The number of hydrazone groups is 1. The summed E-state index contributed by atoms with van der Waals surface area (Å²) in [6, 6.07) is 21.8. The minimum atomic E-state index is -3.64. The molecule has 1 aliphatic rings. The Hall–Kier alpha value is -3.73. The molecule has 0 bridgehead atoms. The molecule has 2 N–H and O–H groups in total. The third-order valence-electron chi connectivity index (χ3n) is 5.82. The van der Waals surface area contributed by atoms with E-state index in [0.29, 0.717) is 32.8 Å². The molecule has 8 nitrogen and oxygen atoms in total. The van der Waals surface area contributed by atoms with Gasteiger partial charge in [0.25, 0.3) is 10.0 Å². The topological polar surface area (TPSA) is 91.6 Å². The summed E-state index contributed by atoms with van der Waals surface area (Å²) in [6.07, 6.45) is 1.64. The predicted octanol–water partition coefficient (Wildman–Crippen LogP) is 4.96. The summed E-state index contributed by atoms with van der Waals surface area (Å²) in [7, 11) is -2.08. The fourth-order valence-electron chi connectivity index (χ4n) is 4.04. The van der Waals surface area contributed by atoms with Crippen LogP contribution in [0.1, 0.15) is 11.3 Å². The van der Waals surface area contributed by atoms with Gasteiger partial charge in [-0.1, -0.05) is 54.1 Å². The highest BCUT2D eigenvalue weighted by Crippen LogP contribution is 2.43. The van der Waals surface area contributed by atoms with E-state index in [1.807, 2.05) is 55.5 Å². The summed E-state index contributed by atoms with van der Waals surface area (Å²) in [5.74, 6) is 0.